The third-order valence-electron chi connectivity index (χ3n) is 2.43. The highest BCUT2D eigenvalue weighted by Crippen LogP contribution is 2.24. The lowest BCUT2D eigenvalue weighted by atomic mass is 10.1. The Kier molecular flexibility index (Phi) is 3.45. The summed E-state index contributed by atoms with van der Waals surface area (Å²) in [5, 5.41) is 16.5. The molecule has 0 aliphatic heterocycles. The number of methoxy groups -OCH3 is 1. The molecule has 0 spiro atoms. The second-order valence-electron chi connectivity index (χ2n) is 3.61. The van der Waals surface area contributed by atoms with E-state index in [1.807, 2.05) is 30.4 Å². The lowest BCUT2D eigenvalue weighted by molar-refractivity contribution is 0.407. The van der Waals surface area contributed by atoms with Gasteiger partial charge in [0.25, 0.3) is 0 Å². The summed E-state index contributed by atoms with van der Waals surface area (Å²) in [7, 11) is 1.57. The van der Waals surface area contributed by atoms with Crippen LogP contribution < -0.4 is 4.74 Å². The quantitative estimate of drug-likeness (QED) is 0.847. The molecule has 0 unspecified atom stereocenters. The summed E-state index contributed by atoms with van der Waals surface area (Å²) >= 11 is 0. The minimum absolute atomic E-state index is 0.213. The summed E-state index contributed by atoms with van der Waals surface area (Å²) in [5.74, 6) is 0.860. The van der Waals surface area contributed by atoms with E-state index in [9.17, 15) is 5.11 Å². The smallest absolute Gasteiger partial charge is 0.126 e. The van der Waals surface area contributed by atoms with E-state index in [1.54, 1.807) is 19.4 Å². The number of nitrogens with one attached hydrogen (secondary N) is 1. The van der Waals surface area contributed by atoms with Crippen molar-refractivity contribution in [1.29, 1.82) is 0 Å². The number of ether oxygens (including phenoxy) is 1. The highest BCUT2D eigenvalue weighted by molar-refractivity contribution is 5.58. The molecule has 1 heterocycles. The predicted octanol–water partition coefficient (Wildman–Crippen LogP) is 2.38. The Morgan fingerprint density at radius 1 is 1.41 bits per heavy atom. The Hall–Kier alpha value is -2.23. The molecular weight excluding hydrogens is 216 g/mol. The fourth-order valence-corrected chi connectivity index (χ4v) is 1.50. The van der Waals surface area contributed by atoms with Crippen molar-refractivity contribution >= 4 is 6.08 Å². The Labute approximate surface area is 99.6 Å². The maximum atomic E-state index is 9.73. The monoisotopic (exact) mass is 230 g/mol. The van der Waals surface area contributed by atoms with Crippen LogP contribution in [0.5, 0.6) is 11.5 Å². The molecule has 0 radical (unpaired) electrons. The zero-order chi connectivity index (χ0) is 12.1. The number of aromatic amines is 1. The van der Waals surface area contributed by atoms with Gasteiger partial charge in [0.05, 0.1) is 7.11 Å². The zero-order valence-corrected chi connectivity index (χ0v) is 9.55. The first-order chi connectivity index (χ1) is 8.29. The van der Waals surface area contributed by atoms with Crippen molar-refractivity contribution in [2.45, 2.75) is 6.42 Å². The molecule has 2 rings (SSSR count). The van der Waals surface area contributed by atoms with E-state index >= 15 is 0 Å². The van der Waals surface area contributed by atoms with Crippen molar-refractivity contribution < 1.29 is 9.84 Å². The van der Waals surface area contributed by atoms with Crippen molar-refractivity contribution in [3.05, 3.63) is 47.8 Å². The number of phenolic OH excluding ortho intramolecular Hbond substituents is 1. The van der Waals surface area contributed by atoms with Crippen LogP contribution in [0, 0.1) is 0 Å². The second-order valence-corrected chi connectivity index (χ2v) is 3.61. The summed E-state index contributed by atoms with van der Waals surface area (Å²) in [6, 6.07) is 7.14. The molecule has 2 N–H and O–H groups in total. The zero-order valence-electron chi connectivity index (χ0n) is 9.55. The van der Waals surface area contributed by atoms with E-state index < -0.39 is 0 Å². The molecule has 88 valence electrons. The van der Waals surface area contributed by atoms with Crippen LogP contribution in [0.3, 0.4) is 0 Å². The van der Waals surface area contributed by atoms with Crippen molar-refractivity contribution in [2.75, 3.05) is 7.11 Å². The fraction of sp³-hybridized carbons (Fsp3) is 0.154. The van der Waals surface area contributed by atoms with Crippen LogP contribution in [0.25, 0.3) is 6.08 Å². The summed E-state index contributed by atoms with van der Waals surface area (Å²) in [6.07, 6.45) is 6.31. The highest BCUT2D eigenvalue weighted by Gasteiger charge is 1.99. The van der Waals surface area contributed by atoms with Gasteiger partial charge in [-0.05, 0) is 18.2 Å². The van der Waals surface area contributed by atoms with Crippen molar-refractivity contribution in [3.8, 4) is 11.5 Å². The van der Waals surface area contributed by atoms with E-state index in [0.717, 1.165) is 17.7 Å². The highest BCUT2D eigenvalue weighted by atomic mass is 16.5. The number of nitrogens with zero attached hydrogens (tertiary/aromatic N) is 1. The van der Waals surface area contributed by atoms with Crippen LogP contribution in [0.15, 0.2) is 36.5 Å². The van der Waals surface area contributed by atoms with Gasteiger partial charge in [-0.1, -0.05) is 12.2 Å². The molecule has 0 saturated heterocycles. The van der Waals surface area contributed by atoms with Crippen molar-refractivity contribution in [2.24, 2.45) is 0 Å². The van der Waals surface area contributed by atoms with E-state index in [1.165, 1.54) is 0 Å². The SMILES string of the molecule is COc1ccc(/C=C/Cc2ccn[nH]2)c(O)c1. The first-order valence-electron chi connectivity index (χ1n) is 5.31. The molecule has 0 atom stereocenters. The van der Waals surface area contributed by atoms with Gasteiger partial charge >= 0.3 is 0 Å². The number of aromatic hydroxyl groups is 1. The average molecular weight is 230 g/mol. The van der Waals surface area contributed by atoms with Crippen molar-refractivity contribution in [3.63, 3.8) is 0 Å². The fourth-order valence-electron chi connectivity index (χ4n) is 1.50. The normalized spacial score (nSPS) is 10.9. The first-order valence-corrected chi connectivity index (χ1v) is 5.31. The van der Waals surface area contributed by atoms with E-state index in [4.69, 9.17) is 4.74 Å². The first kappa shape index (κ1) is 11.3. The van der Waals surface area contributed by atoms with Gasteiger partial charge in [-0.2, -0.15) is 5.10 Å². The van der Waals surface area contributed by atoms with Crippen LogP contribution in [-0.4, -0.2) is 22.4 Å². The average Bonchev–Trinajstić information content (AvgIpc) is 2.84. The van der Waals surface area contributed by atoms with Crippen LogP contribution in [0.4, 0.5) is 0 Å². The number of benzene rings is 1. The summed E-state index contributed by atoms with van der Waals surface area (Å²) in [5.41, 5.74) is 1.81. The molecule has 0 amide bonds. The van der Waals surface area contributed by atoms with E-state index in [-0.39, 0.29) is 5.75 Å². The molecule has 0 bridgehead atoms. The number of hydrogen-bond donors (Lipinski definition) is 2. The maximum Gasteiger partial charge on any atom is 0.126 e. The molecule has 4 nitrogen and oxygen atoms in total. The Balaban J connectivity index is 2.05. The van der Waals surface area contributed by atoms with Crippen LogP contribution in [0.1, 0.15) is 11.3 Å². The Bertz CT molecular complexity index is 504. The minimum atomic E-state index is 0.213. The third kappa shape index (κ3) is 2.87. The molecule has 2 aromatic rings. The molecule has 0 saturated carbocycles. The largest absolute Gasteiger partial charge is 0.507 e. The maximum absolute atomic E-state index is 9.73. The molecule has 0 aliphatic rings. The van der Waals surface area contributed by atoms with Gasteiger partial charge in [-0.15, -0.1) is 0 Å². The van der Waals surface area contributed by atoms with Crippen LogP contribution in [0.2, 0.25) is 0 Å². The van der Waals surface area contributed by atoms with Gasteiger partial charge in [-0.3, -0.25) is 5.10 Å². The van der Waals surface area contributed by atoms with Gasteiger partial charge < -0.3 is 9.84 Å². The van der Waals surface area contributed by atoms with E-state index in [0.29, 0.717) is 5.75 Å². The van der Waals surface area contributed by atoms with Crippen molar-refractivity contribution in [1.82, 2.24) is 10.2 Å². The van der Waals surface area contributed by atoms with Gasteiger partial charge in [0, 0.05) is 29.9 Å². The molecule has 17 heavy (non-hydrogen) atoms. The molecule has 1 aromatic heterocycles. The minimum Gasteiger partial charge on any atom is -0.507 e. The number of H-pyrrole nitrogens is 1. The van der Waals surface area contributed by atoms with Gasteiger partial charge in [0.2, 0.25) is 0 Å². The number of phenols is 1. The number of allylic oxidation sites excluding steroid dienone is 1. The van der Waals surface area contributed by atoms with Gasteiger partial charge in [-0.25, -0.2) is 0 Å². The number of hydrogen-bond acceptors (Lipinski definition) is 3. The number of rotatable bonds is 4. The summed E-state index contributed by atoms with van der Waals surface area (Å²) in [6.45, 7) is 0. The molecule has 0 fully saturated rings. The topological polar surface area (TPSA) is 58.1 Å². The van der Waals surface area contributed by atoms with Gasteiger partial charge in [0.1, 0.15) is 11.5 Å². The molecule has 4 heteroatoms. The Morgan fingerprint density at radius 2 is 2.29 bits per heavy atom. The summed E-state index contributed by atoms with van der Waals surface area (Å²) < 4.78 is 5.02. The lowest BCUT2D eigenvalue weighted by Gasteiger charge is -2.02. The number of aromatic nitrogens is 2. The standard InChI is InChI=1S/C13H14N2O2/c1-17-12-6-5-10(13(16)9-12)3-2-4-11-7-8-14-15-11/h2-3,5-9,16H,4H2,1H3,(H,14,15)/b3-2+. The van der Waals surface area contributed by atoms with Crippen LogP contribution in [-0.2, 0) is 6.42 Å². The van der Waals surface area contributed by atoms with Crippen LogP contribution >= 0.6 is 0 Å². The van der Waals surface area contributed by atoms with Gasteiger partial charge in [0.15, 0.2) is 0 Å². The summed E-state index contributed by atoms with van der Waals surface area (Å²) in [4.78, 5) is 0. The second kappa shape index (κ2) is 5.21. The third-order valence-corrected chi connectivity index (χ3v) is 2.43. The molecular formula is C13H14N2O2. The molecule has 0 aliphatic carbocycles. The van der Waals surface area contributed by atoms with E-state index in [2.05, 4.69) is 10.2 Å². The Morgan fingerprint density at radius 3 is 2.94 bits per heavy atom. The molecule has 1 aromatic carbocycles. The predicted molar refractivity (Wildman–Crippen MR) is 66.0 cm³/mol. The lowest BCUT2D eigenvalue weighted by Crippen LogP contribution is -1.84.